The van der Waals surface area contributed by atoms with E-state index in [0.717, 1.165) is 38.5 Å². The first kappa shape index (κ1) is 23.4. The van der Waals surface area contributed by atoms with E-state index in [-0.39, 0.29) is 5.97 Å². The Bertz CT molecular complexity index is 402. The minimum atomic E-state index is -0.109. The molecular weight excluding hydrogens is 308 g/mol. The maximum Gasteiger partial charge on any atom is 0.305 e. The summed E-state index contributed by atoms with van der Waals surface area (Å²) in [7, 11) is 1.44. The average molecular weight is 347 g/mol. The van der Waals surface area contributed by atoms with Crippen molar-refractivity contribution in [2.24, 2.45) is 0 Å². The molecule has 0 aliphatic rings. The Labute approximate surface area is 155 Å². The van der Waals surface area contributed by atoms with Gasteiger partial charge in [-0.15, -0.1) is 0 Å². The minimum Gasteiger partial charge on any atom is -0.469 e. The molecule has 0 rings (SSSR count). The Hall–Kier alpha value is -1.57. The summed E-state index contributed by atoms with van der Waals surface area (Å²) >= 11 is 0. The number of allylic oxidation sites excluding steroid dienone is 8. The maximum absolute atomic E-state index is 10.9. The minimum absolute atomic E-state index is 0.109. The van der Waals surface area contributed by atoms with Crippen molar-refractivity contribution in [2.45, 2.75) is 84.0 Å². The van der Waals surface area contributed by atoms with E-state index in [4.69, 9.17) is 0 Å². The first-order valence-electron chi connectivity index (χ1n) is 9.98. The lowest BCUT2D eigenvalue weighted by molar-refractivity contribution is -0.140. The second-order valence-electron chi connectivity index (χ2n) is 6.26. The number of unbranched alkanes of at least 4 members (excludes halogenated alkanes) is 6. The van der Waals surface area contributed by atoms with Gasteiger partial charge in [-0.25, -0.2) is 0 Å². The van der Waals surface area contributed by atoms with Crippen LogP contribution >= 0.6 is 0 Å². The fourth-order valence-electron chi connectivity index (χ4n) is 2.37. The Morgan fingerprint density at radius 3 is 1.64 bits per heavy atom. The zero-order chi connectivity index (χ0) is 18.4. The van der Waals surface area contributed by atoms with Gasteiger partial charge in [-0.2, -0.15) is 0 Å². The van der Waals surface area contributed by atoms with Gasteiger partial charge in [0.1, 0.15) is 0 Å². The summed E-state index contributed by atoms with van der Waals surface area (Å²) in [6.45, 7) is 2.25. The molecule has 0 radical (unpaired) electrons. The van der Waals surface area contributed by atoms with Crippen LogP contribution in [-0.2, 0) is 9.53 Å². The lowest BCUT2D eigenvalue weighted by atomic mass is 10.1. The highest BCUT2D eigenvalue weighted by Crippen LogP contribution is 2.04. The molecule has 0 spiro atoms. The first-order chi connectivity index (χ1) is 12.3. The SMILES string of the molecule is CCCCCCC=CCC=CCC=CCC=CCCCCC(=O)OC. The number of carbonyl (C=O) groups is 1. The number of carbonyl (C=O) groups excluding carboxylic acids is 1. The van der Waals surface area contributed by atoms with E-state index in [2.05, 4.69) is 60.3 Å². The van der Waals surface area contributed by atoms with E-state index in [1.807, 2.05) is 0 Å². The number of rotatable bonds is 16. The van der Waals surface area contributed by atoms with Crippen LogP contribution < -0.4 is 0 Å². The first-order valence-corrected chi connectivity index (χ1v) is 9.98. The number of esters is 1. The molecule has 0 saturated carbocycles. The summed E-state index contributed by atoms with van der Waals surface area (Å²) < 4.78 is 4.61. The van der Waals surface area contributed by atoms with Crippen LogP contribution in [0.25, 0.3) is 0 Å². The topological polar surface area (TPSA) is 26.3 Å². The summed E-state index contributed by atoms with van der Waals surface area (Å²) in [5.41, 5.74) is 0. The zero-order valence-electron chi connectivity index (χ0n) is 16.4. The average Bonchev–Trinajstić information content (AvgIpc) is 2.63. The molecule has 0 aromatic carbocycles. The van der Waals surface area contributed by atoms with Gasteiger partial charge in [0.2, 0.25) is 0 Å². The van der Waals surface area contributed by atoms with E-state index in [1.54, 1.807) is 0 Å². The summed E-state index contributed by atoms with van der Waals surface area (Å²) in [6, 6.07) is 0. The highest BCUT2D eigenvalue weighted by molar-refractivity contribution is 5.68. The quantitative estimate of drug-likeness (QED) is 0.169. The Balaban J connectivity index is 3.40. The molecule has 0 aromatic rings. The number of hydrogen-bond donors (Lipinski definition) is 0. The molecule has 0 saturated heterocycles. The van der Waals surface area contributed by atoms with Crippen molar-refractivity contribution in [3.63, 3.8) is 0 Å². The Morgan fingerprint density at radius 1 is 0.680 bits per heavy atom. The fraction of sp³-hybridized carbons (Fsp3) is 0.609. The fourth-order valence-corrected chi connectivity index (χ4v) is 2.37. The molecule has 0 aliphatic heterocycles. The third-order valence-corrected chi connectivity index (χ3v) is 3.94. The van der Waals surface area contributed by atoms with Crippen molar-refractivity contribution in [2.75, 3.05) is 7.11 Å². The highest BCUT2D eigenvalue weighted by Gasteiger charge is 1.97. The largest absolute Gasteiger partial charge is 0.469 e. The van der Waals surface area contributed by atoms with Crippen LogP contribution in [0.3, 0.4) is 0 Å². The molecule has 0 fully saturated rings. The Morgan fingerprint density at radius 2 is 1.16 bits per heavy atom. The van der Waals surface area contributed by atoms with Crippen molar-refractivity contribution in [1.82, 2.24) is 0 Å². The number of ether oxygens (including phenoxy) is 1. The van der Waals surface area contributed by atoms with Crippen LogP contribution in [-0.4, -0.2) is 13.1 Å². The van der Waals surface area contributed by atoms with Crippen LogP contribution in [0.2, 0.25) is 0 Å². The molecule has 0 bridgehead atoms. The van der Waals surface area contributed by atoms with Gasteiger partial charge in [-0.05, 0) is 51.4 Å². The van der Waals surface area contributed by atoms with Crippen molar-refractivity contribution in [1.29, 1.82) is 0 Å². The van der Waals surface area contributed by atoms with Crippen LogP contribution in [0, 0.1) is 0 Å². The molecule has 0 N–H and O–H groups in total. The van der Waals surface area contributed by atoms with Gasteiger partial charge in [0.15, 0.2) is 0 Å². The van der Waals surface area contributed by atoms with Crippen molar-refractivity contribution >= 4 is 5.97 Å². The highest BCUT2D eigenvalue weighted by atomic mass is 16.5. The van der Waals surface area contributed by atoms with Crippen LogP contribution in [0.5, 0.6) is 0 Å². The third-order valence-electron chi connectivity index (χ3n) is 3.94. The van der Waals surface area contributed by atoms with Gasteiger partial charge < -0.3 is 4.74 Å². The molecule has 142 valence electrons. The van der Waals surface area contributed by atoms with Gasteiger partial charge in [-0.1, -0.05) is 74.8 Å². The summed E-state index contributed by atoms with van der Waals surface area (Å²) in [6.07, 6.45) is 31.0. The molecule has 2 nitrogen and oxygen atoms in total. The second kappa shape index (κ2) is 20.5. The van der Waals surface area contributed by atoms with E-state index in [1.165, 1.54) is 39.2 Å². The van der Waals surface area contributed by atoms with Gasteiger partial charge in [0, 0.05) is 6.42 Å². The summed E-state index contributed by atoms with van der Waals surface area (Å²) in [5, 5.41) is 0. The van der Waals surface area contributed by atoms with E-state index in [0.29, 0.717) is 6.42 Å². The van der Waals surface area contributed by atoms with Crippen LogP contribution in [0.1, 0.15) is 84.0 Å². The molecule has 0 aromatic heterocycles. The van der Waals surface area contributed by atoms with Gasteiger partial charge in [0.05, 0.1) is 7.11 Å². The van der Waals surface area contributed by atoms with E-state index in [9.17, 15) is 4.79 Å². The molecule has 25 heavy (non-hydrogen) atoms. The lowest BCUT2D eigenvalue weighted by Gasteiger charge is -1.96. The van der Waals surface area contributed by atoms with Crippen molar-refractivity contribution in [3.05, 3.63) is 48.6 Å². The predicted octanol–water partition coefficient (Wildman–Crippen LogP) is 7.09. The van der Waals surface area contributed by atoms with Crippen molar-refractivity contribution < 1.29 is 9.53 Å². The standard InChI is InChI=1S/C23H38O2/c1-3-4-5-6-7-8-9-10-11-12-13-14-15-16-17-18-19-20-21-22-23(24)25-2/h8-9,11-12,14-15,17-18H,3-7,10,13,16,19-22H2,1-2H3. The smallest absolute Gasteiger partial charge is 0.305 e. The van der Waals surface area contributed by atoms with Crippen LogP contribution in [0.15, 0.2) is 48.6 Å². The van der Waals surface area contributed by atoms with Gasteiger partial charge in [-0.3, -0.25) is 4.79 Å². The lowest BCUT2D eigenvalue weighted by Crippen LogP contribution is -1.98. The molecule has 2 heteroatoms. The molecule has 0 aliphatic carbocycles. The summed E-state index contributed by atoms with van der Waals surface area (Å²) in [5.74, 6) is -0.109. The third kappa shape index (κ3) is 20.4. The normalized spacial score (nSPS) is 12.2. The number of hydrogen-bond acceptors (Lipinski definition) is 2. The van der Waals surface area contributed by atoms with E-state index < -0.39 is 0 Å². The van der Waals surface area contributed by atoms with Gasteiger partial charge >= 0.3 is 5.97 Å². The number of methoxy groups -OCH3 is 1. The predicted molar refractivity (Wildman–Crippen MR) is 110 cm³/mol. The Kier molecular flexibility index (Phi) is 19.2. The second-order valence-corrected chi connectivity index (χ2v) is 6.26. The molecule has 0 heterocycles. The molecular formula is C23H38O2. The van der Waals surface area contributed by atoms with E-state index >= 15 is 0 Å². The molecule has 0 unspecified atom stereocenters. The monoisotopic (exact) mass is 346 g/mol. The molecule has 0 amide bonds. The summed E-state index contributed by atoms with van der Waals surface area (Å²) in [4.78, 5) is 10.9. The maximum atomic E-state index is 10.9. The molecule has 0 atom stereocenters. The van der Waals surface area contributed by atoms with Gasteiger partial charge in [0.25, 0.3) is 0 Å². The van der Waals surface area contributed by atoms with Crippen molar-refractivity contribution in [3.8, 4) is 0 Å². The zero-order valence-corrected chi connectivity index (χ0v) is 16.4. The van der Waals surface area contributed by atoms with Crippen LogP contribution in [0.4, 0.5) is 0 Å².